The summed E-state index contributed by atoms with van der Waals surface area (Å²) in [5.74, 6) is -0.482. The molecule has 1 unspecified atom stereocenters. The molecule has 0 saturated carbocycles. The predicted molar refractivity (Wildman–Crippen MR) is 109 cm³/mol. The van der Waals surface area contributed by atoms with Crippen LogP contribution in [-0.2, 0) is 14.3 Å². The summed E-state index contributed by atoms with van der Waals surface area (Å²) in [5.41, 5.74) is 3.88. The maximum atomic E-state index is 11.8. The third-order valence-corrected chi connectivity index (χ3v) is 4.03. The van der Waals surface area contributed by atoms with E-state index in [-0.39, 0.29) is 17.9 Å². The number of esters is 1. The highest BCUT2D eigenvalue weighted by molar-refractivity contribution is 5.87. The fourth-order valence-electron chi connectivity index (χ4n) is 2.72. The predicted octanol–water partition coefficient (Wildman–Crippen LogP) is 3.55. The molecule has 142 valence electrons. The second-order valence-corrected chi connectivity index (χ2v) is 6.37. The van der Waals surface area contributed by atoms with Gasteiger partial charge in [-0.15, -0.1) is 0 Å². The second-order valence-electron chi connectivity index (χ2n) is 6.37. The van der Waals surface area contributed by atoms with Gasteiger partial charge in [-0.05, 0) is 47.9 Å². The smallest absolute Gasteiger partial charge is 0.330 e. The van der Waals surface area contributed by atoms with Gasteiger partial charge in [0.1, 0.15) is 0 Å². The number of benzene rings is 2. The highest BCUT2D eigenvalue weighted by Gasteiger charge is 2.15. The summed E-state index contributed by atoms with van der Waals surface area (Å²) in [6.07, 6.45) is 3.11. The molecular formula is C22H26N2O3. The van der Waals surface area contributed by atoms with E-state index >= 15 is 0 Å². The van der Waals surface area contributed by atoms with E-state index < -0.39 is 0 Å². The van der Waals surface area contributed by atoms with Gasteiger partial charge in [0, 0.05) is 32.8 Å². The number of ether oxygens (including phenoxy) is 1. The molecule has 0 aliphatic carbocycles. The van der Waals surface area contributed by atoms with E-state index in [0.717, 1.165) is 22.4 Å². The van der Waals surface area contributed by atoms with Gasteiger partial charge in [0.25, 0.3) is 0 Å². The molecule has 0 aromatic heterocycles. The number of anilines is 1. The molecule has 2 rings (SSSR count). The van der Waals surface area contributed by atoms with Gasteiger partial charge in [-0.1, -0.05) is 30.3 Å². The van der Waals surface area contributed by atoms with Crippen LogP contribution in [0.15, 0.2) is 54.6 Å². The number of carbonyl (C=O) groups is 2. The average Bonchev–Trinajstić information content (AvgIpc) is 2.65. The van der Waals surface area contributed by atoms with E-state index in [1.807, 2.05) is 67.5 Å². The van der Waals surface area contributed by atoms with Crippen molar-refractivity contribution in [2.45, 2.75) is 19.9 Å². The van der Waals surface area contributed by atoms with Gasteiger partial charge in [-0.25, -0.2) is 4.79 Å². The Hall–Kier alpha value is -3.08. The van der Waals surface area contributed by atoms with E-state index in [4.69, 9.17) is 4.74 Å². The summed E-state index contributed by atoms with van der Waals surface area (Å²) < 4.78 is 4.91. The van der Waals surface area contributed by atoms with Crippen molar-refractivity contribution in [1.29, 1.82) is 0 Å². The molecule has 1 atom stereocenters. The highest BCUT2D eigenvalue weighted by Crippen LogP contribution is 2.25. The first kappa shape index (κ1) is 20.2. The van der Waals surface area contributed by atoms with Crippen LogP contribution in [0.4, 0.5) is 5.69 Å². The number of hydrogen-bond donors (Lipinski definition) is 1. The van der Waals surface area contributed by atoms with Crippen molar-refractivity contribution >= 4 is 23.6 Å². The fourth-order valence-corrected chi connectivity index (χ4v) is 2.72. The van der Waals surface area contributed by atoms with Crippen molar-refractivity contribution < 1.29 is 14.3 Å². The van der Waals surface area contributed by atoms with E-state index in [0.29, 0.717) is 6.61 Å². The molecular weight excluding hydrogens is 340 g/mol. The number of nitrogens with zero attached hydrogens (tertiary/aromatic N) is 1. The summed E-state index contributed by atoms with van der Waals surface area (Å²) in [5, 5.41) is 3.01. The van der Waals surface area contributed by atoms with Crippen molar-refractivity contribution in [1.82, 2.24) is 5.32 Å². The van der Waals surface area contributed by atoms with Gasteiger partial charge in [0.15, 0.2) is 0 Å². The summed E-state index contributed by atoms with van der Waals surface area (Å²) in [7, 11) is 3.97. The van der Waals surface area contributed by atoms with Crippen LogP contribution in [0.1, 0.15) is 36.6 Å². The molecule has 5 heteroatoms. The number of nitrogens with one attached hydrogen (secondary N) is 1. The Labute approximate surface area is 160 Å². The second kappa shape index (κ2) is 9.57. The first-order chi connectivity index (χ1) is 12.9. The average molecular weight is 366 g/mol. The topological polar surface area (TPSA) is 58.6 Å². The SMILES string of the molecule is CCOC(=O)/C=C/c1cccc(C(NC(C)=O)c2ccc(N(C)C)cc2)c1. The Morgan fingerprint density at radius 2 is 1.81 bits per heavy atom. The van der Waals surface area contributed by atoms with E-state index in [1.54, 1.807) is 13.0 Å². The Bertz CT molecular complexity index is 811. The Morgan fingerprint density at radius 1 is 1.11 bits per heavy atom. The minimum atomic E-state index is -0.374. The van der Waals surface area contributed by atoms with Gasteiger partial charge < -0.3 is 15.0 Å². The minimum Gasteiger partial charge on any atom is -0.463 e. The van der Waals surface area contributed by atoms with Crippen LogP contribution >= 0.6 is 0 Å². The van der Waals surface area contributed by atoms with E-state index in [2.05, 4.69) is 5.32 Å². The Kier molecular flexibility index (Phi) is 7.17. The molecule has 1 amide bonds. The molecule has 27 heavy (non-hydrogen) atoms. The number of amides is 1. The molecule has 0 spiro atoms. The lowest BCUT2D eigenvalue weighted by Crippen LogP contribution is -2.27. The zero-order chi connectivity index (χ0) is 19.8. The van der Waals surface area contributed by atoms with Crippen LogP contribution in [0.5, 0.6) is 0 Å². The molecule has 0 aliphatic heterocycles. The van der Waals surface area contributed by atoms with Gasteiger partial charge in [-0.3, -0.25) is 4.79 Å². The quantitative estimate of drug-likeness (QED) is 0.601. The molecule has 0 fully saturated rings. The lowest BCUT2D eigenvalue weighted by Gasteiger charge is -2.21. The summed E-state index contributed by atoms with van der Waals surface area (Å²) >= 11 is 0. The van der Waals surface area contributed by atoms with Crippen LogP contribution in [-0.4, -0.2) is 32.6 Å². The molecule has 0 aliphatic rings. The lowest BCUT2D eigenvalue weighted by atomic mass is 9.96. The third kappa shape index (κ3) is 5.99. The molecule has 5 nitrogen and oxygen atoms in total. The summed E-state index contributed by atoms with van der Waals surface area (Å²) in [4.78, 5) is 25.3. The third-order valence-electron chi connectivity index (χ3n) is 4.03. The van der Waals surface area contributed by atoms with Gasteiger partial charge in [0.05, 0.1) is 12.6 Å². The molecule has 0 saturated heterocycles. The number of hydrogen-bond acceptors (Lipinski definition) is 4. The molecule has 2 aromatic carbocycles. The largest absolute Gasteiger partial charge is 0.463 e. The van der Waals surface area contributed by atoms with Gasteiger partial charge in [-0.2, -0.15) is 0 Å². The van der Waals surface area contributed by atoms with Crippen LogP contribution < -0.4 is 10.2 Å². The van der Waals surface area contributed by atoms with Crippen LogP contribution in [0, 0.1) is 0 Å². The first-order valence-corrected chi connectivity index (χ1v) is 8.90. The molecule has 0 bridgehead atoms. The van der Waals surface area contributed by atoms with E-state index in [9.17, 15) is 9.59 Å². The van der Waals surface area contributed by atoms with Crippen molar-refractivity contribution in [3.05, 3.63) is 71.3 Å². The standard InChI is InChI=1S/C22H26N2O3/c1-5-27-21(26)14-9-17-7-6-8-19(15-17)22(23-16(2)25)18-10-12-20(13-11-18)24(3)4/h6-15,22H,5H2,1-4H3,(H,23,25)/b14-9+. The molecule has 1 N–H and O–H groups in total. The van der Waals surface area contributed by atoms with Crippen molar-refractivity contribution in [2.24, 2.45) is 0 Å². The zero-order valence-corrected chi connectivity index (χ0v) is 16.2. The zero-order valence-electron chi connectivity index (χ0n) is 16.2. The Morgan fingerprint density at radius 3 is 2.41 bits per heavy atom. The lowest BCUT2D eigenvalue weighted by molar-refractivity contribution is -0.137. The number of rotatable bonds is 7. The van der Waals surface area contributed by atoms with Crippen molar-refractivity contribution in [2.75, 3.05) is 25.6 Å². The highest BCUT2D eigenvalue weighted by atomic mass is 16.5. The van der Waals surface area contributed by atoms with Gasteiger partial charge >= 0.3 is 5.97 Å². The minimum absolute atomic E-state index is 0.107. The first-order valence-electron chi connectivity index (χ1n) is 8.90. The maximum absolute atomic E-state index is 11.8. The van der Waals surface area contributed by atoms with Crippen LogP contribution in [0.25, 0.3) is 6.08 Å². The maximum Gasteiger partial charge on any atom is 0.330 e. The van der Waals surface area contributed by atoms with Crippen molar-refractivity contribution in [3.8, 4) is 0 Å². The fraction of sp³-hybridized carbons (Fsp3) is 0.273. The van der Waals surface area contributed by atoms with Crippen LogP contribution in [0.2, 0.25) is 0 Å². The number of carbonyl (C=O) groups excluding carboxylic acids is 2. The normalized spacial score (nSPS) is 11.9. The summed E-state index contributed by atoms with van der Waals surface area (Å²) in [6, 6.07) is 15.5. The van der Waals surface area contributed by atoms with E-state index in [1.165, 1.54) is 13.0 Å². The van der Waals surface area contributed by atoms with Crippen molar-refractivity contribution in [3.63, 3.8) is 0 Å². The molecule has 2 aromatic rings. The summed E-state index contributed by atoms with van der Waals surface area (Å²) in [6.45, 7) is 3.62. The van der Waals surface area contributed by atoms with Gasteiger partial charge in [0.2, 0.25) is 5.91 Å². The Balaban J connectivity index is 2.32. The molecule has 0 radical (unpaired) electrons. The van der Waals surface area contributed by atoms with Crippen LogP contribution in [0.3, 0.4) is 0 Å². The monoisotopic (exact) mass is 366 g/mol. The molecule has 0 heterocycles.